The van der Waals surface area contributed by atoms with Crippen LogP contribution in [0, 0.1) is 5.82 Å². The van der Waals surface area contributed by atoms with E-state index < -0.39 is 17.6 Å². The summed E-state index contributed by atoms with van der Waals surface area (Å²) in [6.45, 7) is 0. The van der Waals surface area contributed by atoms with E-state index in [0.29, 0.717) is 6.26 Å². The molecule has 1 atom stereocenters. The van der Waals surface area contributed by atoms with Gasteiger partial charge in [0.2, 0.25) is 5.96 Å². The number of halogens is 5. The molecule has 1 aliphatic rings. The molecule has 0 bridgehead atoms. The molecule has 1 aromatic heterocycles. The number of benzene rings is 1. The number of rotatable bonds is 2. The molecule has 140 valence electrons. The molecule has 26 heavy (non-hydrogen) atoms. The molecule has 3 rings (SSSR count). The molecule has 0 saturated carbocycles. The van der Waals surface area contributed by atoms with Crippen molar-refractivity contribution in [3.05, 3.63) is 58.8 Å². The van der Waals surface area contributed by atoms with Gasteiger partial charge < -0.3 is 15.9 Å². The lowest BCUT2D eigenvalue weighted by atomic mass is 9.81. The van der Waals surface area contributed by atoms with Crippen LogP contribution in [0.3, 0.4) is 0 Å². The first-order valence-electron chi connectivity index (χ1n) is 7.34. The highest BCUT2D eigenvalue weighted by Crippen LogP contribution is 2.41. The van der Waals surface area contributed by atoms with E-state index in [4.69, 9.17) is 15.9 Å². The molecule has 0 fully saturated rings. The molecular weight excluding hydrogens is 376 g/mol. The van der Waals surface area contributed by atoms with Crippen LogP contribution in [-0.4, -0.2) is 11.7 Å². The van der Waals surface area contributed by atoms with Crippen molar-refractivity contribution in [2.75, 3.05) is 0 Å². The molecule has 4 N–H and O–H groups in total. The Morgan fingerprint density at radius 3 is 2.35 bits per heavy atom. The number of hydrogen-bond donors (Lipinski definition) is 2. The summed E-state index contributed by atoms with van der Waals surface area (Å²) in [7, 11) is 0. The Labute approximate surface area is 152 Å². The minimum Gasteiger partial charge on any atom is -0.468 e. The SMILES string of the molecule is Cl.NC(N)=N/N=C1/CC(c2ccc(F)cc2)Cc2occ(C(F)(F)F)c21. The zero-order valence-corrected chi connectivity index (χ0v) is 14.1. The molecule has 2 aromatic rings. The summed E-state index contributed by atoms with van der Waals surface area (Å²) in [6.07, 6.45) is -3.52. The number of alkyl halides is 3. The lowest BCUT2D eigenvalue weighted by Gasteiger charge is -2.23. The minimum atomic E-state index is -4.58. The van der Waals surface area contributed by atoms with E-state index in [9.17, 15) is 17.6 Å². The lowest BCUT2D eigenvalue weighted by molar-refractivity contribution is -0.138. The van der Waals surface area contributed by atoms with Crippen LogP contribution in [-0.2, 0) is 12.6 Å². The quantitative estimate of drug-likeness (QED) is 0.355. The van der Waals surface area contributed by atoms with E-state index in [1.54, 1.807) is 12.1 Å². The van der Waals surface area contributed by atoms with E-state index in [1.165, 1.54) is 12.1 Å². The number of fused-ring (bicyclic) bond motifs is 1. The first-order chi connectivity index (χ1) is 11.8. The molecule has 0 amide bonds. The maximum atomic E-state index is 13.2. The first-order valence-corrected chi connectivity index (χ1v) is 7.34. The number of hydrogen-bond acceptors (Lipinski definition) is 3. The Morgan fingerprint density at radius 1 is 1.12 bits per heavy atom. The summed E-state index contributed by atoms with van der Waals surface area (Å²) in [6, 6.07) is 5.75. The van der Waals surface area contributed by atoms with Crippen molar-refractivity contribution in [2.45, 2.75) is 24.9 Å². The van der Waals surface area contributed by atoms with Crippen LogP contribution in [0.1, 0.15) is 34.8 Å². The van der Waals surface area contributed by atoms with Crippen molar-refractivity contribution in [1.29, 1.82) is 0 Å². The fourth-order valence-corrected chi connectivity index (χ4v) is 2.88. The Kier molecular flexibility index (Phi) is 5.60. The lowest BCUT2D eigenvalue weighted by Crippen LogP contribution is -2.24. The summed E-state index contributed by atoms with van der Waals surface area (Å²) in [5.41, 5.74) is 10.2. The average molecular weight is 391 g/mol. The van der Waals surface area contributed by atoms with Crippen LogP contribution < -0.4 is 11.5 Å². The predicted octanol–water partition coefficient (Wildman–Crippen LogP) is 3.57. The normalized spacial score (nSPS) is 18.2. The van der Waals surface area contributed by atoms with E-state index in [-0.39, 0.29) is 54.2 Å². The molecule has 0 spiro atoms. The largest absolute Gasteiger partial charge is 0.468 e. The maximum absolute atomic E-state index is 13.2. The predicted molar refractivity (Wildman–Crippen MR) is 90.8 cm³/mol. The van der Waals surface area contributed by atoms with E-state index >= 15 is 0 Å². The average Bonchev–Trinajstić information content (AvgIpc) is 2.97. The molecule has 1 aromatic carbocycles. The molecular formula is C16H15ClF4N4O. The van der Waals surface area contributed by atoms with E-state index in [0.717, 1.165) is 5.56 Å². The molecule has 10 heteroatoms. The second kappa shape index (κ2) is 7.36. The summed E-state index contributed by atoms with van der Waals surface area (Å²) in [4.78, 5) is 0. The second-order valence-corrected chi connectivity index (χ2v) is 5.67. The highest BCUT2D eigenvalue weighted by molar-refractivity contribution is 6.04. The monoisotopic (exact) mass is 390 g/mol. The minimum absolute atomic E-state index is 0. The highest BCUT2D eigenvalue weighted by atomic mass is 35.5. The van der Waals surface area contributed by atoms with Gasteiger partial charge in [0.15, 0.2) is 0 Å². The topological polar surface area (TPSA) is 89.9 Å². The van der Waals surface area contributed by atoms with Gasteiger partial charge in [-0.1, -0.05) is 12.1 Å². The molecule has 5 nitrogen and oxygen atoms in total. The summed E-state index contributed by atoms with van der Waals surface area (Å²) < 4.78 is 57.9. The van der Waals surface area contributed by atoms with Crippen LogP contribution in [0.2, 0.25) is 0 Å². The summed E-state index contributed by atoms with van der Waals surface area (Å²) >= 11 is 0. The smallest absolute Gasteiger partial charge is 0.420 e. The standard InChI is InChI=1S/C16H14F4N4O.ClH/c17-10-3-1-8(2-4-10)9-5-12(23-24-15(21)22)14-11(16(18,19)20)7-25-13(14)6-9;/h1-4,7,9H,5-6H2,(H4,21,22,24);1H/b23-12-;. The molecule has 1 aliphatic carbocycles. The zero-order valence-electron chi connectivity index (χ0n) is 13.3. The van der Waals surface area contributed by atoms with Gasteiger partial charge >= 0.3 is 6.18 Å². The fraction of sp³-hybridized carbons (Fsp3) is 0.250. The number of nitrogens with two attached hydrogens (primary N) is 2. The Balaban J connectivity index is 0.00000243. The van der Waals surface area contributed by atoms with Gasteiger partial charge in [0.1, 0.15) is 23.4 Å². The number of guanidine groups is 1. The number of furan rings is 1. The van der Waals surface area contributed by atoms with Crippen molar-refractivity contribution < 1.29 is 22.0 Å². The third-order valence-electron chi connectivity index (χ3n) is 3.96. The fourth-order valence-electron chi connectivity index (χ4n) is 2.88. The van der Waals surface area contributed by atoms with Gasteiger partial charge in [-0.2, -0.15) is 18.3 Å². The van der Waals surface area contributed by atoms with Gasteiger partial charge in [0.25, 0.3) is 0 Å². The maximum Gasteiger partial charge on any atom is 0.420 e. The van der Waals surface area contributed by atoms with Crippen LogP contribution in [0.15, 0.2) is 45.1 Å². The van der Waals surface area contributed by atoms with Gasteiger partial charge in [0.05, 0.1) is 11.3 Å². The zero-order chi connectivity index (χ0) is 18.2. The van der Waals surface area contributed by atoms with Gasteiger partial charge in [0, 0.05) is 6.42 Å². The van der Waals surface area contributed by atoms with Crippen molar-refractivity contribution in [2.24, 2.45) is 21.7 Å². The van der Waals surface area contributed by atoms with Crippen molar-refractivity contribution in [3.63, 3.8) is 0 Å². The third-order valence-corrected chi connectivity index (χ3v) is 3.96. The van der Waals surface area contributed by atoms with Crippen molar-refractivity contribution in [1.82, 2.24) is 0 Å². The summed E-state index contributed by atoms with van der Waals surface area (Å²) in [5, 5.41) is 7.27. The molecule has 1 heterocycles. The van der Waals surface area contributed by atoms with E-state index in [1.807, 2.05) is 0 Å². The third kappa shape index (κ3) is 3.98. The van der Waals surface area contributed by atoms with Crippen LogP contribution in [0.5, 0.6) is 0 Å². The van der Waals surface area contributed by atoms with Crippen molar-refractivity contribution >= 4 is 24.1 Å². The van der Waals surface area contributed by atoms with Gasteiger partial charge in [-0.25, -0.2) is 4.39 Å². The van der Waals surface area contributed by atoms with Crippen LogP contribution >= 0.6 is 12.4 Å². The summed E-state index contributed by atoms with van der Waals surface area (Å²) in [5.74, 6) is -0.840. The Bertz CT molecular complexity index is 839. The first kappa shape index (κ1) is 19.8. The van der Waals surface area contributed by atoms with Crippen molar-refractivity contribution in [3.8, 4) is 0 Å². The molecule has 0 radical (unpaired) electrons. The van der Waals surface area contributed by atoms with Gasteiger partial charge in [-0.05, 0) is 30.0 Å². The highest BCUT2D eigenvalue weighted by Gasteiger charge is 2.41. The molecule has 0 saturated heterocycles. The second-order valence-electron chi connectivity index (χ2n) is 5.67. The Hall–Kier alpha value is -2.55. The molecule has 0 aliphatic heterocycles. The van der Waals surface area contributed by atoms with Crippen LogP contribution in [0.25, 0.3) is 0 Å². The van der Waals surface area contributed by atoms with Crippen LogP contribution in [0.4, 0.5) is 17.6 Å². The van der Waals surface area contributed by atoms with Gasteiger partial charge in [-0.15, -0.1) is 17.5 Å². The van der Waals surface area contributed by atoms with Gasteiger partial charge in [-0.3, -0.25) is 0 Å². The van der Waals surface area contributed by atoms with E-state index in [2.05, 4.69) is 10.2 Å². The molecule has 1 unspecified atom stereocenters. The Morgan fingerprint density at radius 2 is 1.77 bits per heavy atom. The number of nitrogens with zero attached hydrogens (tertiary/aromatic N) is 2.